The summed E-state index contributed by atoms with van der Waals surface area (Å²) in [6.07, 6.45) is 7.87. The molecular formula is C24H33F2NO5. The number of ether oxygens (including phenoxy) is 4. The molecule has 1 aromatic heterocycles. The normalized spacial score (nSPS) is 25.1. The van der Waals surface area contributed by atoms with E-state index in [1.807, 2.05) is 26.0 Å². The van der Waals surface area contributed by atoms with Gasteiger partial charge in [0.25, 0.3) is 5.92 Å². The zero-order valence-corrected chi connectivity index (χ0v) is 19.1. The topological polar surface area (TPSA) is 70.0 Å². The molecule has 2 aliphatic heterocycles. The number of fused-ring (bicyclic) bond motifs is 1. The van der Waals surface area contributed by atoms with Crippen molar-refractivity contribution >= 4 is 0 Å². The summed E-state index contributed by atoms with van der Waals surface area (Å²) in [5.41, 5.74) is -0.243. The van der Waals surface area contributed by atoms with E-state index < -0.39 is 11.7 Å². The van der Waals surface area contributed by atoms with Gasteiger partial charge in [0.1, 0.15) is 24.6 Å². The lowest BCUT2D eigenvalue weighted by Crippen LogP contribution is -2.45. The zero-order chi connectivity index (χ0) is 23.8. The molecule has 8 heteroatoms. The Morgan fingerprint density at radius 2 is 2.03 bits per heavy atom. The number of halogens is 2. The summed E-state index contributed by atoms with van der Waals surface area (Å²) in [4.78, 5) is 3.96. The van der Waals surface area contributed by atoms with Crippen molar-refractivity contribution in [3.8, 4) is 5.75 Å². The highest BCUT2D eigenvalue weighted by molar-refractivity contribution is 5.25. The van der Waals surface area contributed by atoms with Crippen LogP contribution in [-0.4, -0.2) is 53.3 Å². The van der Waals surface area contributed by atoms with Gasteiger partial charge in [-0.2, -0.15) is 0 Å². The van der Waals surface area contributed by atoms with Crippen LogP contribution in [0.25, 0.3) is 0 Å². The van der Waals surface area contributed by atoms with Crippen LogP contribution in [-0.2, 0) is 14.2 Å². The van der Waals surface area contributed by atoms with Crippen LogP contribution in [0.5, 0.6) is 5.75 Å². The first-order chi connectivity index (χ1) is 15.0. The predicted molar refractivity (Wildman–Crippen MR) is 118 cm³/mol. The summed E-state index contributed by atoms with van der Waals surface area (Å²) in [5, 5.41) is 8.72. The molecule has 0 aliphatic carbocycles. The van der Waals surface area contributed by atoms with E-state index in [2.05, 4.69) is 11.6 Å². The highest BCUT2D eigenvalue weighted by Crippen LogP contribution is 2.35. The number of rotatable bonds is 7. The van der Waals surface area contributed by atoms with Crippen LogP contribution in [0.3, 0.4) is 0 Å². The fourth-order valence-electron chi connectivity index (χ4n) is 3.24. The maximum absolute atomic E-state index is 12.8. The van der Waals surface area contributed by atoms with Gasteiger partial charge < -0.3 is 24.1 Å². The van der Waals surface area contributed by atoms with Crippen molar-refractivity contribution in [2.75, 3.05) is 13.2 Å². The largest absolute Gasteiger partial charge is 0.513 e. The van der Waals surface area contributed by atoms with E-state index in [-0.39, 0.29) is 36.1 Å². The van der Waals surface area contributed by atoms with Crippen LogP contribution in [0.2, 0.25) is 0 Å². The molecule has 32 heavy (non-hydrogen) atoms. The quantitative estimate of drug-likeness (QED) is 0.442. The summed E-state index contributed by atoms with van der Waals surface area (Å²) in [7, 11) is 0. The lowest BCUT2D eigenvalue weighted by atomic mass is 10.0. The Morgan fingerprint density at radius 3 is 2.66 bits per heavy atom. The smallest absolute Gasteiger partial charge is 0.272 e. The maximum Gasteiger partial charge on any atom is 0.272 e. The van der Waals surface area contributed by atoms with Gasteiger partial charge >= 0.3 is 0 Å². The molecule has 0 radical (unpaired) electrons. The minimum absolute atomic E-state index is 0.0504. The van der Waals surface area contributed by atoms with Gasteiger partial charge in [-0.05, 0) is 45.4 Å². The third-order valence-electron chi connectivity index (χ3n) is 4.93. The molecule has 2 aliphatic rings. The summed E-state index contributed by atoms with van der Waals surface area (Å²) < 4.78 is 48.9. The fraction of sp³-hybridized carbons (Fsp3) is 0.542. The van der Waals surface area contributed by atoms with Gasteiger partial charge in [0, 0.05) is 31.0 Å². The van der Waals surface area contributed by atoms with E-state index in [9.17, 15) is 8.78 Å². The van der Waals surface area contributed by atoms with Crippen LogP contribution >= 0.6 is 0 Å². The predicted octanol–water partition coefficient (Wildman–Crippen LogP) is 5.38. The first-order valence-corrected chi connectivity index (χ1v) is 10.7. The summed E-state index contributed by atoms with van der Waals surface area (Å²) >= 11 is 0. The molecule has 2 saturated heterocycles. The van der Waals surface area contributed by atoms with Gasteiger partial charge in [-0.15, -0.1) is 0 Å². The van der Waals surface area contributed by atoms with Gasteiger partial charge in [0.15, 0.2) is 5.79 Å². The number of hydrogen-bond donors (Lipinski definition) is 1. The molecule has 2 fully saturated rings. The summed E-state index contributed by atoms with van der Waals surface area (Å²) in [6.45, 7) is 11.1. The van der Waals surface area contributed by atoms with E-state index in [0.717, 1.165) is 12.2 Å². The molecule has 0 saturated carbocycles. The molecule has 3 rings (SSSR count). The zero-order valence-electron chi connectivity index (χ0n) is 19.1. The highest BCUT2D eigenvalue weighted by Gasteiger charge is 2.47. The Hall–Kier alpha value is -2.29. The molecule has 3 atom stereocenters. The number of aliphatic hydroxyl groups is 1. The second-order valence-electron chi connectivity index (χ2n) is 8.08. The second-order valence-corrected chi connectivity index (χ2v) is 8.08. The van der Waals surface area contributed by atoms with E-state index >= 15 is 0 Å². The van der Waals surface area contributed by atoms with Crippen molar-refractivity contribution < 1.29 is 32.8 Å². The van der Waals surface area contributed by atoms with Gasteiger partial charge in [0.2, 0.25) is 0 Å². The number of aliphatic hydroxyl groups excluding tert-OH is 1. The maximum atomic E-state index is 12.8. The van der Waals surface area contributed by atoms with Crippen LogP contribution in [0.1, 0.15) is 40.5 Å². The lowest BCUT2D eigenvalue weighted by molar-refractivity contribution is -0.156. The van der Waals surface area contributed by atoms with E-state index in [4.69, 9.17) is 24.1 Å². The van der Waals surface area contributed by atoms with Crippen molar-refractivity contribution in [2.45, 2.75) is 70.6 Å². The molecule has 1 aromatic rings. The fourth-order valence-corrected chi connectivity index (χ4v) is 3.24. The number of nitrogens with zero attached hydrogens (tertiary/aromatic N) is 1. The Labute approximate surface area is 188 Å². The van der Waals surface area contributed by atoms with Gasteiger partial charge in [-0.1, -0.05) is 25.7 Å². The Morgan fingerprint density at radius 1 is 1.34 bits per heavy atom. The van der Waals surface area contributed by atoms with Crippen molar-refractivity contribution in [1.82, 2.24) is 4.98 Å². The Kier molecular flexibility index (Phi) is 9.36. The van der Waals surface area contributed by atoms with Gasteiger partial charge in [-0.25, -0.2) is 8.78 Å². The van der Waals surface area contributed by atoms with E-state index in [1.165, 1.54) is 32.1 Å². The average Bonchev–Trinajstić information content (AvgIpc) is 3.07. The second kappa shape index (κ2) is 11.5. The minimum atomic E-state index is -2.85. The third-order valence-corrected chi connectivity index (χ3v) is 4.93. The lowest BCUT2D eigenvalue weighted by Gasteiger charge is -2.31. The Balaban J connectivity index is 0.000000247. The highest BCUT2D eigenvalue weighted by atomic mass is 19.3. The van der Waals surface area contributed by atoms with Crippen molar-refractivity contribution in [1.29, 1.82) is 0 Å². The summed E-state index contributed by atoms with van der Waals surface area (Å²) in [5.74, 6) is -2.52. The summed E-state index contributed by atoms with van der Waals surface area (Å²) in [6, 6.07) is 3.66. The average molecular weight is 454 g/mol. The first-order valence-electron chi connectivity index (χ1n) is 10.7. The number of aromatic nitrogens is 1. The molecule has 0 unspecified atom stereocenters. The number of alkyl halides is 2. The van der Waals surface area contributed by atoms with Crippen LogP contribution in [0.4, 0.5) is 8.78 Å². The van der Waals surface area contributed by atoms with E-state index in [1.54, 1.807) is 12.4 Å². The molecule has 0 aromatic carbocycles. The number of pyridine rings is 1. The van der Waals surface area contributed by atoms with Crippen molar-refractivity contribution in [3.05, 3.63) is 60.7 Å². The molecule has 0 spiro atoms. The number of hydrogen-bond acceptors (Lipinski definition) is 6. The molecule has 178 valence electrons. The van der Waals surface area contributed by atoms with Crippen LogP contribution < -0.4 is 4.74 Å². The van der Waals surface area contributed by atoms with E-state index in [0.29, 0.717) is 13.2 Å². The van der Waals surface area contributed by atoms with Crippen LogP contribution in [0, 0.1) is 0 Å². The van der Waals surface area contributed by atoms with Gasteiger partial charge in [0.05, 0.1) is 11.9 Å². The molecule has 0 amide bonds. The molecule has 0 bridgehead atoms. The first kappa shape index (κ1) is 26.0. The SMILES string of the molecule is C=C(/C=C\C=C(/C)O)C(F)(F)CC.CC1(C)O[C@H]2[C@@H](COc3ccncc3)OCC[C@H]2O1. The van der Waals surface area contributed by atoms with Crippen molar-refractivity contribution in [3.63, 3.8) is 0 Å². The number of allylic oxidation sites excluding steroid dienone is 5. The minimum Gasteiger partial charge on any atom is -0.513 e. The molecule has 3 heterocycles. The van der Waals surface area contributed by atoms with Crippen LogP contribution in [0.15, 0.2) is 60.7 Å². The standard InChI is InChI=1S/C14H19NO4.C10H14F2O/c1-14(2)18-11-5-8-16-12(13(11)19-14)9-17-10-3-6-15-7-4-10;1-4-10(11,12)8(2)6-5-7-9(3)13/h3-4,6-7,11-13H,5,8-9H2,1-2H3;5-7,13H,2,4H2,1,3H3/b;6-5-,9-7+/t11-,12-,13-;/m1./s1. The molecule has 6 nitrogen and oxygen atoms in total. The molecule has 1 N–H and O–H groups in total. The Bertz CT molecular complexity index is 791. The van der Waals surface area contributed by atoms with Gasteiger partial charge in [-0.3, -0.25) is 4.98 Å². The molecular weight excluding hydrogens is 420 g/mol. The third kappa shape index (κ3) is 8.00. The van der Waals surface area contributed by atoms with Crippen molar-refractivity contribution in [2.24, 2.45) is 0 Å². The monoisotopic (exact) mass is 453 g/mol.